The number of likely N-dealkylation sites (tertiary alicyclic amines) is 1. The first-order valence-corrected chi connectivity index (χ1v) is 6.51. The number of hydrogen-bond acceptors (Lipinski definition) is 3. The summed E-state index contributed by atoms with van der Waals surface area (Å²) in [7, 11) is 2.01. The van der Waals surface area contributed by atoms with Crippen LogP contribution in [0.25, 0.3) is 0 Å². The van der Waals surface area contributed by atoms with E-state index in [1.165, 1.54) is 30.8 Å². The van der Waals surface area contributed by atoms with Gasteiger partial charge in [0.15, 0.2) is 0 Å². The fraction of sp³-hybridized carbons (Fsp3) is 0.538. The number of nitrogens with zero attached hydrogens (tertiary/aromatic N) is 4. The average Bonchev–Trinajstić information content (AvgIpc) is 3.02. The standard InChI is InChI=1S/C13H19N5/c1-17-12(4-7-15-17)10-18-8-2-3-11(9-18)13-5-6-14-16-13/h4-7,11H,2-3,8-10H2,1H3,(H,14,16). The molecule has 2 aromatic heterocycles. The van der Waals surface area contributed by atoms with Crippen LogP contribution in [0.4, 0.5) is 0 Å². The van der Waals surface area contributed by atoms with Gasteiger partial charge in [-0.25, -0.2) is 0 Å². The second kappa shape index (κ2) is 4.94. The molecule has 1 atom stereocenters. The lowest BCUT2D eigenvalue weighted by atomic mass is 9.95. The van der Waals surface area contributed by atoms with E-state index in [-0.39, 0.29) is 0 Å². The molecule has 1 fully saturated rings. The minimum absolute atomic E-state index is 0.592. The van der Waals surface area contributed by atoms with Crippen LogP contribution in [0.1, 0.15) is 30.1 Å². The van der Waals surface area contributed by atoms with Gasteiger partial charge < -0.3 is 0 Å². The third kappa shape index (κ3) is 2.31. The van der Waals surface area contributed by atoms with E-state index in [1.807, 2.05) is 24.1 Å². The lowest BCUT2D eigenvalue weighted by Gasteiger charge is -2.32. The minimum atomic E-state index is 0.592. The van der Waals surface area contributed by atoms with E-state index >= 15 is 0 Å². The van der Waals surface area contributed by atoms with Crippen LogP contribution in [-0.2, 0) is 13.6 Å². The van der Waals surface area contributed by atoms with E-state index < -0.39 is 0 Å². The molecule has 2 aromatic rings. The van der Waals surface area contributed by atoms with Crippen molar-refractivity contribution < 1.29 is 0 Å². The quantitative estimate of drug-likeness (QED) is 0.892. The van der Waals surface area contributed by atoms with Gasteiger partial charge in [-0.05, 0) is 31.5 Å². The molecule has 1 aliphatic heterocycles. The fourth-order valence-corrected chi connectivity index (χ4v) is 2.73. The zero-order valence-electron chi connectivity index (χ0n) is 10.7. The van der Waals surface area contributed by atoms with Crippen molar-refractivity contribution in [2.24, 2.45) is 7.05 Å². The molecule has 1 aliphatic rings. The third-order valence-electron chi connectivity index (χ3n) is 3.78. The van der Waals surface area contributed by atoms with Gasteiger partial charge in [-0.15, -0.1) is 0 Å². The van der Waals surface area contributed by atoms with Gasteiger partial charge >= 0.3 is 0 Å². The Bertz CT molecular complexity index is 487. The second-order valence-electron chi connectivity index (χ2n) is 5.03. The van der Waals surface area contributed by atoms with Crippen LogP contribution in [0.3, 0.4) is 0 Å². The first-order valence-electron chi connectivity index (χ1n) is 6.51. The van der Waals surface area contributed by atoms with Crippen molar-refractivity contribution in [3.8, 4) is 0 Å². The number of nitrogens with one attached hydrogen (secondary N) is 1. The zero-order valence-corrected chi connectivity index (χ0v) is 10.7. The summed E-state index contributed by atoms with van der Waals surface area (Å²) in [6, 6.07) is 4.19. The van der Waals surface area contributed by atoms with Crippen LogP contribution >= 0.6 is 0 Å². The van der Waals surface area contributed by atoms with Crippen molar-refractivity contribution >= 4 is 0 Å². The molecule has 1 unspecified atom stereocenters. The average molecular weight is 245 g/mol. The van der Waals surface area contributed by atoms with Crippen LogP contribution in [0.5, 0.6) is 0 Å². The Morgan fingerprint density at radius 3 is 3.06 bits per heavy atom. The highest BCUT2D eigenvalue weighted by molar-refractivity contribution is 5.08. The summed E-state index contributed by atoms with van der Waals surface area (Å²) in [5.41, 5.74) is 2.55. The minimum Gasteiger partial charge on any atom is -0.297 e. The molecule has 0 bridgehead atoms. The number of hydrogen-bond donors (Lipinski definition) is 1. The van der Waals surface area contributed by atoms with Crippen molar-refractivity contribution in [3.05, 3.63) is 35.9 Å². The van der Waals surface area contributed by atoms with E-state index in [2.05, 4.69) is 32.3 Å². The molecule has 96 valence electrons. The molecule has 3 heterocycles. The first kappa shape index (κ1) is 11.5. The number of H-pyrrole nitrogens is 1. The van der Waals surface area contributed by atoms with Crippen molar-refractivity contribution in [2.45, 2.75) is 25.3 Å². The zero-order chi connectivity index (χ0) is 12.4. The Hall–Kier alpha value is -1.62. The van der Waals surface area contributed by atoms with Crippen LogP contribution < -0.4 is 0 Å². The number of piperidine rings is 1. The third-order valence-corrected chi connectivity index (χ3v) is 3.78. The molecule has 1 N–H and O–H groups in total. The fourth-order valence-electron chi connectivity index (χ4n) is 2.73. The van der Waals surface area contributed by atoms with Gasteiger partial charge in [0.1, 0.15) is 0 Å². The van der Waals surface area contributed by atoms with Crippen LogP contribution in [0.2, 0.25) is 0 Å². The molecule has 5 nitrogen and oxygen atoms in total. The SMILES string of the molecule is Cn1nccc1CN1CCCC(c2ccn[nH]2)C1. The Labute approximate surface area is 107 Å². The number of aromatic nitrogens is 4. The van der Waals surface area contributed by atoms with Gasteiger partial charge in [0.2, 0.25) is 0 Å². The Morgan fingerprint density at radius 1 is 1.39 bits per heavy atom. The number of aromatic amines is 1. The summed E-state index contributed by atoms with van der Waals surface area (Å²) < 4.78 is 1.96. The van der Waals surface area contributed by atoms with Crippen molar-refractivity contribution in [1.29, 1.82) is 0 Å². The van der Waals surface area contributed by atoms with E-state index in [4.69, 9.17) is 0 Å². The van der Waals surface area contributed by atoms with E-state index in [1.54, 1.807) is 0 Å². The highest BCUT2D eigenvalue weighted by Gasteiger charge is 2.22. The van der Waals surface area contributed by atoms with Crippen molar-refractivity contribution in [1.82, 2.24) is 24.9 Å². The number of aryl methyl sites for hydroxylation is 1. The second-order valence-corrected chi connectivity index (χ2v) is 5.03. The van der Waals surface area contributed by atoms with Gasteiger partial charge in [0.05, 0.1) is 5.69 Å². The summed E-state index contributed by atoms with van der Waals surface area (Å²) in [5.74, 6) is 0.592. The molecular weight excluding hydrogens is 226 g/mol. The van der Waals surface area contributed by atoms with Crippen molar-refractivity contribution in [2.75, 3.05) is 13.1 Å². The molecule has 18 heavy (non-hydrogen) atoms. The summed E-state index contributed by atoms with van der Waals surface area (Å²) in [5, 5.41) is 11.4. The molecule has 0 saturated carbocycles. The molecule has 5 heteroatoms. The maximum atomic E-state index is 4.22. The van der Waals surface area contributed by atoms with Crippen LogP contribution in [0, 0.1) is 0 Å². The molecule has 1 saturated heterocycles. The van der Waals surface area contributed by atoms with E-state index in [9.17, 15) is 0 Å². The number of rotatable bonds is 3. The molecule has 0 aromatic carbocycles. The predicted octanol–water partition coefficient (Wildman–Crippen LogP) is 1.52. The molecular formula is C13H19N5. The summed E-state index contributed by atoms with van der Waals surface area (Å²) in [4.78, 5) is 2.51. The first-order chi connectivity index (χ1) is 8.83. The summed E-state index contributed by atoms with van der Waals surface area (Å²) >= 11 is 0. The lowest BCUT2D eigenvalue weighted by Crippen LogP contribution is -2.34. The maximum absolute atomic E-state index is 4.22. The topological polar surface area (TPSA) is 49.7 Å². The lowest BCUT2D eigenvalue weighted by molar-refractivity contribution is 0.194. The highest BCUT2D eigenvalue weighted by atomic mass is 15.3. The molecule has 0 spiro atoms. The van der Waals surface area contributed by atoms with Gasteiger partial charge in [-0.1, -0.05) is 0 Å². The Morgan fingerprint density at radius 2 is 2.33 bits per heavy atom. The van der Waals surface area contributed by atoms with E-state index in [0.717, 1.165) is 13.1 Å². The normalized spacial score (nSPS) is 21.3. The predicted molar refractivity (Wildman–Crippen MR) is 69.0 cm³/mol. The summed E-state index contributed by atoms with van der Waals surface area (Å²) in [6.07, 6.45) is 6.21. The largest absolute Gasteiger partial charge is 0.297 e. The van der Waals surface area contributed by atoms with Gasteiger partial charge in [0.25, 0.3) is 0 Å². The Kier molecular flexibility index (Phi) is 3.15. The molecule has 0 amide bonds. The monoisotopic (exact) mass is 245 g/mol. The van der Waals surface area contributed by atoms with Crippen molar-refractivity contribution in [3.63, 3.8) is 0 Å². The van der Waals surface area contributed by atoms with Crippen LogP contribution in [-0.4, -0.2) is 38.0 Å². The molecule has 3 rings (SSSR count). The molecule has 0 radical (unpaired) electrons. The maximum Gasteiger partial charge on any atom is 0.0521 e. The smallest absolute Gasteiger partial charge is 0.0521 e. The van der Waals surface area contributed by atoms with Gasteiger partial charge in [0, 0.05) is 44.1 Å². The van der Waals surface area contributed by atoms with Crippen LogP contribution in [0.15, 0.2) is 24.5 Å². The highest BCUT2D eigenvalue weighted by Crippen LogP contribution is 2.25. The summed E-state index contributed by atoms with van der Waals surface area (Å²) in [6.45, 7) is 3.27. The van der Waals surface area contributed by atoms with E-state index in [0.29, 0.717) is 5.92 Å². The van der Waals surface area contributed by atoms with Gasteiger partial charge in [-0.2, -0.15) is 10.2 Å². The molecule has 0 aliphatic carbocycles. The van der Waals surface area contributed by atoms with Gasteiger partial charge in [-0.3, -0.25) is 14.7 Å². The Balaban J connectivity index is 1.66.